The van der Waals surface area contributed by atoms with E-state index in [0.717, 1.165) is 46.8 Å². The number of likely N-dealkylation sites (tertiary alicyclic amines) is 1. The lowest BCUT2D eigenvalue weighted by Gasteiger charge is -2.32. The topological polar surface area (TPSA) is 81.5 Å². The first kappa shape index (κ1) is 21.3. The van der Waals surface area contributed by atoms with Crippen LogP contribution in [0.2, 0.25) is 0 Å². The predicted octanol–water partition coefficient (Wildman–Crippen LogP) is 3.75. The van der Waals surface area contributed by atoms with E-state index < -0.39 is 0 Å². The Hall–Kier alpha value is -2.91. The number of ether oxygens (including phenoxy) is 2. The molecule has 1 atom stereocenters. The highest BCUT2D eigenvalue weighted by Gasteiger charge is 2.25. The molecule has 4 rings (SSSR count). The van der Waals surface area contributed by atoms with E-state index in [1.807, 2.05) is 31.5 Å². The van der Waals surface area contributed by atoms with Gasteiger partial charge in [0.2, 0.25) is 11.8 Å². The van der Waals surface area contributed by atoms with Gasteiger partial charge in [-0.15, -0.1) is 11.3 Å². The molecule has 1 fully saturated rings. The molecular formula is C22H27N5O3S. The first-order valence-electron chi connectivity index (χ1n) is 10.3. The number of aryl methyl sites for hydroxylation is 1. The number of fused-ring (bicyclic) bond motifs is 1. The van der Waals surface area contributed by atoms with Crippen LogP contribution in [-0.2, 0) is 16.1 Å². The number of rotatable bonds is 8. The minimum absolute atomic E-state index is 0.0633. The minimum atomic E-state index is -0.118. The molecule has 4 heterocycles. The highest BCUT2D eigenvalue weighted by molar-refractivity contribution is 7.15. The number of amides is 1. The maximum atomic E-state index is 12.0. The summed E-state index contributed by atoms with van der Waals surface area (Å²) < 4.78 is 13.7. The molecular weight excluding hydrogens is 414 g/mol. The van der Waals surface area contributed by atoms with Crippen LogP contribution in [0.1, 0.15) is 17.7 Å². The van der Waals surface area contributed by atoms with Crippen molar-refractivity contribution in [1.82, 2.24) is 19.4 Å². The van der Waals surface area contributed by atoms with Gasteiger partial charge in [-0.1, -0.05) is 6.58 Å². The SMILES string of the molecule is C=CC(=O)N1CCCC(Oc2nc(Nc3ncc(C)s3)cc3c2ccn3CCOC)C1. The maximum absolute atomic E-state index is 12.0. The standard InChI is InChI=1S/C22H27N5O3S/c1-4-20(28)27-8-5-6-16(14-27)30-21-17-7-9-26(10-11-29-3)18(17)12-19(24-21)25-22-23-13-15(2)31-22/h4,7,9,12-13,16H,1,5-6,8,10-11,14H2,2-3H3,(H,23,24,25). The van der Waals surface area contributed by atoms with E-state index in [-0.39, 0.29) is 12.0 Å². The van der Waals surface area contributed by atoms with Crippen molar-refractivity contribution in [2.45, 2.75) is 32.4 Å². The van der Waals surface area contributed by atoms with E-state index in [9.17, 15) is 4.79 Å². The van der Waals surface area contributed by atoms with Gasteiger partial charge in [-0.05, 0) is 31.9 Å². The Bertz CT molecular complexity index is 1080. The molecule has 1 unspecified atom stereocenters. The molecule has 1 aliphatic heterocycles. The van der Waals surface area contributed by atoms with Crippen LogP contribution in [0.3, 0.4) is 0 Å². The Kier molecular flexibility index (Phi) is 6.53. The van der Waals surface area contributed by atoms with E-state index in [1.165, 1.54) is 6.08 Å². The number of piperidine rings is 1. The zero-order valence-electron chi connectivity index (χ0n) is 17.8. The molecule has 1 saturated heterocycles. The molecule has 0 saturated carbocycles. The van der Waals surface area contributed by atoms with Gasteiger partial charge in [0.1, 0.15) is 11.9 Å². The van der Waals surface area contributed by atoms with Crippen LogP contribution in [0, 0.1) is 6.92 Å². The predicted molar refractivity (Wildman–Crippen MR) is 122 cm³/mol. The first-order valence-corrected chi connectivity index (χ1v) is 11.2. The quantitative estimate of drug-likeness (QED) is 0.536. The first-order chi connectivity index (χ1) is 15.1. The summed E-state index contributed by atoms with van der Waals surface area (Å²) >= 11 is 1.57. The molecule has 0 spiro atoms. The van der Waals surface area contributed by atoms with Crippen LogP contribution < -0.4 is 10.1 Å². The minimum Gasteiger partial charge on any atom is -0.472 e. The normalized spacial score (nSPS) is 16.5. The van der Waals surface area contributed by atoms with Crippen LogP contribution in [0.25, 0.3) is 10.9 Å². The lowest BCUT2D eigenvalue weighted by molar-refractivity contribution is -0.128. The van der Waals surface area contributed by atoms with Crippen LogP contribution in [0.5, 0.6) is 5.88 Å². The van der Waals surface area contributed by atoms with Gasteiger partial charge in [0.05, 0.1) is 24.1 Å². The number of hydrogen-bond donors (Lipinski definition) is 1. The summed E-state index contributed by atoms with van der Waals surface area (Å²) in [6.45, 7) is 8.21. The lowest BCUT2D eigenvalue weighted by Crippen LogP contribution is -2.43. The summed E-state index contributed by atoms with van der Waals surface area (Å²) in [5.74, 6) is 1.16. The number of nitrogens with one attached hydrogen (secondary N) is 1. The molecule has 1 N–H and O–H groups in total. The second kappa shape index (κ2) is 9.49. The van der Waals surface area contributed by atoms with Gasteiger partial charge in [0.25, 0.3) is 0 Å². The van der Waals surface area contributed by atoms with E-state index in [1.54, 1.807) is 23.3 Å². The van der Waals surface area contributed by atoms with Crippen molar-refractivity contribution in [3.8, 4) is 5.88 Å². The Labute approximate surface area is 185 Å². The van der Waals surface area contributed by atoms with Crippen molar-refractivity contribution >= 4 is 39.1 Å². The van der Waals surface area contributed by atoms with Gasteiger partial charge in [0, 0.05) is 43.5 Å². The van der Waals surface area contributed by atoms with Crippen LogP contribution in [0.15, 0.2) is 37.2 Å². The molecule has 3 aromatic rings. The average Bonchev–Trinajstić information content (AvgIpc) is 3.37. The highest BCUT2D eigenvalue weighted by atomic mass is 32.1. The molecule has 0 bridgehead atoms. The number of thiazole rings is 1. The van der Waals surface area contributed by atoms with Gasteiger partial charge < -0.3 is 24.3 Å². The van der Waals surface area contributed by atoms with Crippen molar-refractivity contribution in [3.63, 3.8) is 0 Å². The molecule has 31 heavy (non-hydrogen) atoms. The van der Waals surface area contributed by atoms with Crippen molar-refractivity contribution < 1.29 is 14.3 Å². The summed E-state index contributed by atoms with van der Waals surface area (Å²) in [5.41, 5.74) is 1.01. The molecule has 0 aromatic carbocycles. The van der Waals surface area contributed by atoms with Crippen LogP contribution in [0.4, 0.5) is 10.9 Å². The number of nitrogens with zero attached hydrogens (tertiary/aromatic N) is 4. The molecule has 3 aromatic heterocycles. The maximum Gasteiger partial charge on any atom is 0.246 e. The van der Waals surface area contributed by atoms with E-state index in [0.29, 0.717) is 24.8 Å². The highest BCUT2D eigenvalue weighted by Crippen LogP contribution is 2.31. The summed E-state index contributed by atoms with van der Waals surface area (Å²) in [4.78, 5) is 24.1. The summed E-state index contributed by atoms with van der Waals surface area (Å²) in [6.07, 6.45) is 6.85. The second-order valence-electron chi connectivity index (χ2n) is 7.52. The number of hydrogen-bond acceptors (Lipinski definition) is 7. The smallest absolute Gasteiger partial charge is 0.246 e. The number of anilines is 2. The van der Waals surface area contributed by atoms with Crippen LogP contribution in [-0.4, -0.2) is 58.3 Å². The molecule has 164 valence electrons. The van der Waals surface area contributed by atoms with Crippen molar-refractivity contribution in [2.24, 2.45) is 0 Å². The lowest BCUT2D eigenvalue weighted by atomic mass is 10.1. The fourth-order valence-electron chi connectivity index (χ4n) is 3.74. The van der Waals surface area contributed by atoms with Crippen molar-refractivity contribution in [1.29, 1.82) is 0 Å². The molecule has 1 amide bonds. The van der Waals surface area contributed by atoms with Gasteiger partial charge in [-0.3, -0.25) is 4.79 Å². The van der Waals surface area contributed by atoms with Crippen molar-refractivity contribution in [2.75, 3.05) is 32.1 Å². The third-order valence-electron chi connectivity index (χ3n) is 5.27. The second-order valence-corrected chi connectivity index (χ2v) is 8.75. The third-order valence-corrected chi connectivity index (χ3v) is 6.10. The zero-order chi connectivity index (χ0) is 21.8. The van der Waals surface area contributed by atoms with E-state index >= 15 is 0 Å². The molecule has 1 aliphatic rings. The fourth-order valence-corrected chi connectivity index (χ4v) is 4.41. The van der Waals surface area contributed by atoms with Gasteiger partial charge in [0.15, 0.2) is 5.13 Å². The molecule has 0 aliphatic carbocycles. The number of aromatic nitrogens is 3. The Morgan fingerprint density at radius 3 is 3.10 bits per heavy atom. The summed E-state index contributed by atoms with van der Waals surface area (Å²) in [5, 5.41) is 5.02. The molecule has 9 heteroatoms. The van der Waals surface area contributed by atoms with Gasteiger partial charge in [-0.25, -0.2) is 4.98 Å². The zero-order valence-corrected chi connectivity index (χ0v) is 18.7. The monoisotopic (exact) mass is 441 g/mol. The Morgan fingerprint density at radius 1 is 1.48 bits per heavy atom. The number of carbonyl (C=O) groups excluding carboxylic acids is 1. The van der Waals surface area contributed by atoms with Crippen LogP contribution >= 0.6 is 11.3 Å². The Morgan fingerprint density at radius 2 is 2.35 bits per heavy atom. The van der Waals surface area contributed by atoms with E-state index in [2.05, 4.69) is 21.4 Å². The Balaban J connectivity index is 1.64. The summed E-state index contributed by atoms with van der Waals surface area (Å²) in [7, 11) is 1.69. The van der Waals surface area contributed by atoms with Gasteiger partial charge >= 0.3 is 0 Å². The number of carbonyl (C=O) groups is 1. The van der Waals surface area contributed by atoms with Crippen molar-refractivity contribution in [3.05, 3.63) is 42.1 Å². The molecule has 8 nitrogen and oxygen atoms in total. The average molecular weight is 442 g/mol. The number of pyridine rings is 1. The largest absolute Gasteiger partial charge is 0.472 e. The fraction of sp³-hybridized carbons (Fsp3) is 0.409. The molecule has 0 radical (unpaired) electrons. The number of methoxy groups -OCH3 is 1. The van der Waals surface area contributed by atoms with Gasteiger partial charge in [-0.2, -0.15) is 4.98 Å². The summed E-state index contributed by atoms with van der Waals surface area (Å²) in [6, 6.07) is 4.02. The van der Waals surface area contributed by atoms with E-state index in [4.69, 9.17) is 14.5 Å². The third kappa shape index (κ3) is 4.88.